The molecule has 0 aliphatic rings. The van der Waals surface area contributed by atoms with Gasteiger partial charge in [0.1, 0.15) is 5.75 Å². The van der Waals surface area contributed by atoms with Gasteiger partial charge in [0.05, 0.1) is 17.5 Å². The molecule has 0 saturated carbocycles. The Morgan fingerprint density at radius 3 is 2.35 bits per heavy atom. The van der Waals surface area contributed by atoms with E-state index in [0.717, 1.165) is 29.4 Å². The van der Waals surface area contributed by atoms with Crippen LogP contribution >= 0.6 is 0 Å². The number of pyridine rings is 1. The van der Waals surface area contributed by atoms with E-state index in [1.54, 1.807) is 0 Å². The molecule has 0 spiro atoms. The standard InChI is InChI=1S/C17H22N2O/c1-12(2)20-16-8-6-15(7-9-16)11-18-17-10-5-13(3)19-14(17)4/h5-10,12,18H,11H2,1-4H3. The number of benzene rings is 1. The number of hydrogen-bond donors (Lipinski definition) is 1. The minimum atomic E-state index is 0.209. The second kappa shape index (κ2) is 6.42. The molecule has 2 rings (SSSR count). The molecule has 0 atom stereocenters. The smallest absolute Gasteiger partial charge is 0.119 e. The van der Waals surface area contributed by atoms with Crippen LogP contribution < -0.4 is 10.1 Å². The topological polar surface area (TPSA) is 34.1 Å². The third kappa shape index (κ3) is 3.98. The van der Waals surface area contributed by atoms with Gasteiger partial charge in [0, 0.05) is 12.2 Å². The zero-order chi connectivity index (χ0) is 14.5. The molecule has 0 fully saturated rings. The van der Waals surface area contributed by atoms with Crippen LogP contribution in [0.15, 0.2) is 36.4 Å². The fraction of sp³-hybridized carbons (Fsp3) is 0.353. The first-order valence-electron chi connectivity index (χ1n) is 6.98. The minimum Gasteiger partial charge on any atom is -0.491 e. The molecular formula is C17H22N2O. The fourth-order valence-electron chi connectivity index (χ4n) is 2.03. The maximum absolute atomic E-state index is 5.63. The van der Waals surface area contributed by atoms with Crippen molar-refractivity contribution in [2.45, 2.75) is 40.3 Å². The van der Waals surface area contributed by atoms with Crippen LogP contribution in [0.3, 0.4) is 0 Å². The van der Waals surface area contributed by atoms with Gasteiger partial charge in [-0.25, -0.2) is 0 Å². The molecule has 0 aliphatic heterocycles. The predicted octanol–water partition coefficient (Wildman–Crippen LogP) is 4.10. The van der Waals surface area contributed by atoms with Gasteiger partial charge in [-0.1, -0.05) is 12.1 Å². The molecule has 0 amide bonds. The van der Waals surface area contributed by atoms with E-state index in [-0.39, 0.29) is 6.10 Å². The highest BCUT2D eigenvalue weighted by atomic mass is 16.5. The molecule has 1 heterocycles. The van der Waals surface area contributed by atoms with Crippen LogP contribution in [0, 0.1) is 13.8 Å². The Morgan fingerprint density at radius 2 is 1.75 bits per heavy atom. The van der Waals surface area contributed by atoms with Crippen molar-refractivity contribution >= 4 is 5.69 Å². The molecule has 0 aliphatic carbocycles. The predicted molar refractivity (Wildman–Crippen MR) is 83.2 cm³/mol. The maximum Gasteiger partial charge on any atom is 0.119 e. The number of nitrogens with zero attached hydrogens (tertiary/aromatic N) is 1. The van der Waals surface area contributed by atoms with Crippen molar-refractivity contribution in [2.24, 2.45) is 0 Å². The summed E-state index contributed by atoms with van der Waals surface area (Å²) in [4.78, 5) is 4.45. The molecule has 1 N–H and O–H groups in total. The van der Waals surface area contributed by atoms with Crippen LogP contribution in [0.25, 0.3) is 0 Å². The molecule has 0 unspecified atom stereocenters. The largest absolute Gasteiger partial charge is 0.491 e. The van der Waals surface area contributed by atoms with E-state index in [4.69, 9.17) is 4.74 Å². The van der Waals surface area contributed by atoms with Crippen molar-refractivity contribution in [1.82, 2.24) is 4.98 Å². The molecular weight excluding hydrogens is 248 g/mol. The molecule has 0 bridgehead atoms. The third-order valence-electron chi connectivity index (χ3n) is 3.00. The van der Waals surface area contributed by atoms with Gasteiger partial charge in [-0.15, -0.1) is 0 Å². The van der Waals surface area contributed by atoms with Gasteiger partial charge >= 0.3 is 0 Å². The highest BCUT2D eigenvalue weighted by Crippen LogP contribution is 2.17. The van der Waals surface area contributed by atoms with Gasteiger partial charge in [0.15, 0.2) is 0 Å². The number of hydrogen-bond acceptors (Lipinski definition) is 3. The molecule has 1 aromatic heterocycles. The lowest BCUT2D eigenvalue weighted by Gasteiger charge is -2.12. The van der Waals surface area contributed by atoms with Crippen LogP contribution in [0.1, 0.15) is 30.8 Å². The number of aryl methyl sites for hydroxylation is 2. The Labute approximate surface area is 121 Å². The quantitative estimate of drug-likeness (QED) is 0.888. The summed E-state index contributed by atoms with van der Waals surface area (Å²) in [5.74, 6) is 0.914. The Bertz CT molecular complexity index is 562. The molecule has 3 nitrogen and oxygen atoms in total. The highest BCUT2D eigenvalue weighted by molar-refractivity contribution is 5.48. The molecule has 20 heavy (non-hydrogen) atoms. The average molecular weight is 270 g/mol. The van der Waals surface area contributed by atoms with Crippen LogP contribution in [-0.4, -0.2) is 11.1 Å². The highest BCUT2D eigenvalue weighted by Gasteiger charge is 2.01. The summed E-state index contributed by atoms with van der Waals surface area (Å²) >= 11 is 0. The summed E-state index contributed by atoms with van der Waals surface area (Å²) in [6.07, 6.45) is 0.209. The van der Waals surface area contributed by atoms with E-state index in [0.29, 0.717) is 0 Å². The van der Waals surface area contributed by atoms with E-state index in [1.165, 1.54) is 5.56 Å². The molecule has 0 saturated heterocycles. The Balaban J connectivity index is 1.96. The summed E-state index contributed by atoms with van der Waals surface area (Å²) in [6, 6.07) is 12.3. The van der Waals surface area contributed by atoms with E-state index >= 15 is 0 Å². The first-order chi connectivity index (χ1) is 9.54. The van der Waals surface area contributed by atoms with E-state index < -0.39 is 0 Å². The van der Waals surface area contributed by atoms with Gasteiger partial charge in [-0.2, -0.15) is 0 Å². The first kappa shape index (κ1) is 14.4. The summed E-state index contributed by atoms with van der Waals surface area (Å²) in [5.41, 5.74) is 4.38. The second-order valence-electron chi connectivity index (χ2n) is 5.25. The molecule has 1 aromatic carbocycles. The SMILES string of the molecule is Cc1ccc(NCc2ccc(OC(C)C)cc2)c(C)n1. The zero-order valence-electron chi connectivity index (χ0n) is 12.6. The van der Waals surface area contributed by atoms with Crippen molar-refractivity contribution in [3.05, 3.63) is 53.3 Å². The van der Waals surface area contributed by atoms with Crippen molar-refractivity contribution in [3.8, 4) is 5.75 Å². The average Bonchev–Trinajstić information content (AvgIpc) is 2.39. The van der Waals surface area contributed by atoms with Crippen LogP contribution in [0.5, 0.6) is 5.75 Å². The Hall–Kier alpha value is -2.03. The molecule has 0 radical (unpaired) electrons. The fourth-order valence-corrected chi connectivity index (χ4v) is 2.03. The zero-order valence-corrected chi connectivity index (χ0v) is 12.6. The van der Waals surface area contributed by atoms with Crippen molar-refractivity contribution in [2.75, 3.05) is 5.32 Å². The Kier molecular flexibility index (Phi) is 4.61. The first-order valence-corrected chi connectivity index (χ1v) is 6.98. The van der Waals surface area contributed by atoms with Gasteiger partial charge in [-0.3, -0.25) is 4.98 Å². The lowest BCUT2D eigenvalue weighted by atomic mass is 10.2. The minimum absolute atomic E-state index is 0.209. The van der Waals surface area contributed by atoms with Crippen molar-refractivity contribution in [1.29, 1.82) is 0 Å². The van der Waals surface area contributed by atoms with Crippen LogP contribution in [0.4, 0.5) is 5.69 Å². The summed E-state index contributed by atoms with van der Waals surface area (Å²) < 4.78 is 5.63. The van der Waals surface area contributed by atoms with E-state index in [9.17, 15) is 0 Å². The second-order valence-corrected chi connectivity index (χ2v) is 5.25. The van der Waals surface area contributed by atoms with Crippen molar-refractivity contribution in [3.63, 3.8) is 0 Å². The molecule has 2 aromatic rings. The number of aromatic nitrogens is 1. The number of rotatable bonds is 5. The van der Waals surface area contributed by atoms with Gasteiger partial charge in [0.2, 0.25) is 0 Å². The molecule has 106 valence electrons. The summed E-state index contributed by atoms with van der Waals surface area (Å²) in [6.45, 7) is 8.87. The third-order valence-corrected chi connectivity index (χ3v) is 3.00. The van der Waals surface area contributed by atoms with Gasteiger partial charge in [-0.05, 0) is 57.5 Å². The van der Waals surface area contributed by atoms with Gasteiger partial charge < -0.3 is 10.1 Å². The summed E-state index contributed by atoms with van der Waals surface area (Å²) in [5, 5.41) is 3.41. The van der Waals surface area contributed by atoms with Gasteiger partial charge in [0.25, 0.3) is 0 Å². The van der Waals surface area contributed by atoms with Crippen LogP contribution in [-0.2, 0) is 6.54 Å². The number of ether oxygens (including phenoxy) is 1. The lowest BCUT2D eigenvalue weighted by Crippen LogP contribution is -2.06. The van der Waals surface area contributed by atoms with E-state index in [1.807, 2.05) is 45.9 Å². The molecule has 3 heteroatoms. The maximum atomic E-state index is 5.63. The summed E-state index contributed by atoms with van der Waals surface area (Å²) in [7, 11) is 0. The normalized spacial score (nSPS) is 10.7. The Morgan fingerprint density at radius 1 is 1.05 bits per heavy atom. The van der Waals surface area contributed by atoms with E-state index in [2.05, 4.69) is 28.5 Å². The van der Waals surface area contributed by atoms with Crippen molar-refractivity contribution < 1.29 is 4.74 Å². The number of anilines is 1. The van der Waals surface area contributed by atoms with Crippen LogP contribution in [0.2, 0.25) is 0 Å². The lowest BCUT2D eigenvalue weighted by molar-refractivity contribution is 0.242. The monoisotopic (exact) mass is 270 g/mol. The number of nitrogens with one attached hydrogen (secondary N) is 1.